The van der Waals surface area contributed by atoms with E-state index >= 15 is 0 Å². The molecule has 0 spiro atoms. The van der Waals surface area contributed by atoms with Gasteiger partial charge in [-0.15, -0.1) is 0 Å². The number of nitrogens with two attached hydrogens (primary N) is 4. The number of hydrogen-bond donors (Lipinski definition) is 6. The average molecular weight is 1020 g/mol. The van der Waals surface area contributed by atoms with Crippen LogP contribution < -0.4 is 32.4 Å². The van der Waals surface area contributed by atoms with Crippen LogP contribution in [-0.4, -0.2) is 125 Å². The highest BCUT2D eigenvalue weighted by Gasteiger charge is 2.33. The molecule has 0 unspecified atom stereocenters. The van der Waals surface area contributed by atoms with E-state index in [1.54, 1.807) is 12.7 Å². The molecular formula is C58H68N16O2. The molecule has 6 heterocycles. The fourth-order valence-corrected chi connectivity index (χ4v) is 11.9. The Kier molecular flexibility index (Phi) is 14.7. The van der Waals surface area contributed by atoms with E-state index in [0.717, 1.165) is 171 Å². The lowest BCUT2D eigenvalue weighted by Crippen LogP contribution is -2.54. The summed E-state index contributed by atoms with van der Waals surface area (Å²) in [6.45, 7) is 7.24. The number of hydrogen-bond acceptors (Lipinski definition) is 12. The van der Waals surface area contributed by atoms with E-state index in [2.05, 4.69) is 75.5 Å². The van der Waals surface area contributed by atoms with Gasteiger partial charge in [0.25, 0.3) is 0 Å². The number of para-hydroxylation sites is 2. The van der Waals surface area contributed by atoms with Crippen molar-refractivity contribution in [3.63, 3.8) is 0 Å². The Balaban J connectivity index is 0.000000162. The fourth-order valence-electron chi connectivity index (χ4n) is 11.9. The van der Waals surface area contributed by atoms with Crippen molar-refractivity contribution in [1.29, 1.82) is 10.8 Å². The fraction of sp³-hybridized carbons (Fsp3) is 0.345. The number of anilines is 2. The number of guanidine groups is 2. The monoisotopic (exact) mass is 1020 g/mol. The van der Waals surface area contributed by atoms with Crippen molar-refractivity contribution in [2.24, 2.45) is 11.5 Å². The number of benzene rings is 4. The average Bonchev–Trinajstić information content (AvgIpc) is 4.06. The zero-order valence-electron chi connectivity index (χ0n) is 42.9. The van der Waals surface area contributed by atoms with Crippen LogP contribution in [0.25, 0.3) is 44.3 Å². The van der Waals surface area contributed by atoms with Gasteiger partial charge < -0.3 is 51.3 Å². The van der Waals surface area contributed by atoms with Crippen molar-refractivity contribution in [2.75, 3.05) is 63.8 Å². The maximum atomic E-state index is 7.68. The molecule has 0 radical (unpaired) electrons. The predicted molar refractivity (Wildman–Crippen MR) is 300 cm³/mol. The molecule has 12 rings (SSSR count). The maximum Gasteiger partial charge on any atom is 0.188 e. The molecule has 2 aliphatic carbocycles. The molecular weight excluding hydrogens is 953 g/mol. The highest BCUT2D eigenvalue weighted by molar-refractivity contribution is 6.01. The molecule has 4 aromatic carbocycles. The number of fused-ring (bicyclic) bond motifs is 2. The van der Waals surface area contributed by atoms with Gasteiger partial charge in [-0.1, -0.05) is 60.7 Å². The first kappa shape index (κ1) is 50.0. The van der Waals surface area contributed by atoms with Gasteiger partial charge in [0.05, 0.1) is 10.8 Å². The molecule has 2 saturated heterocycles. The summed E-state index contributed by atoms with van der Waals surface area (Å²) in [5, 5.41) is 17.2. The molecule has 18 nitrogen and oxygen atoms in total. The van der Waals surface area contributed by atoms with E-state index in [1.165, 1.54) is 0 Å². The number of nitrogen functional groups attached to an aromatic ring is 2. The van der Waals surface area contributed by atoms with E-state index in [9.17, 15) is 0 Å². The van der Waals surface area contributed by atoms with Crippen molar-refractivity contribution in [2.45, 2.75) is 75.5 Å². The molecule has 4 aliphatic rings. The number of nitrogens with one attached hydrogen (secondary N) is 2. The third-order valence-corrected chi connectivity index (χ3v) is 16.0. The van der Waals surface area contributed by atoms with Gasteiger partial charge in [-0.3, -0.25) is 20.6 Å². The number of nitrogens with zero attached hydrogens (tertiary/aromatic N) is 10. The molecule has 4 aromatic heterocycles. The number of aromatic nitrogens is 6. The smallest absolute Gasteiger partial charge is 0.188 e. The minimum atomic E-state index is 0.184. The SMILES string of the molecule is N=C(N)N1CCN([C@H]2CC[C@@H](n3cc(-c4ccc(Oc5ccccc5)cc4)c4c(N)ncnc43)CC2)CC1.N=C(N)N1CCN([C@H]2CC[C@H](n3cc(-c4ccc(Oc5ccccc5)cc4)c4c(N)ncnc43)CC2)CC1. The minimum Gasteiger partial charge on any atom is -0.457 e. The van der Waals surface area contributed by atoms with Crippen LogP contribution in [0.15, 0.2) is 134 Å². The second-order valence-electron chi connectivity index (χ2n) is 20.4. The van der Waals surface area contributed by atoms with Gasteiger partial charge in [-0.05, 0) is 111 Å². The largest absolute Gasteiger partial charge is 0.457 e. The van der Waals surface area contributed by atoms with Crippen molar-refractivity contribution >= 4 is 45.6 Å². The molecule has 0 amide bonds. The van der Waals surface area contributed by atoms with Crippen molar-refractivity contribution < 1.29 is 9.47 Å². The summed E-state index contributed by atoms with van der Waals surface area (Å²) in [6.07, 6.45) is 16.5. The molecule has 0 bridgehead atoms. The Morgan fingerprint density at radius 3 is 1.09 bits per heavy atom. The molecule has 0 atom stereocenters. The van der Waals surface area contributed by atoms with Gasteiger partial charge >= 0.3 is 0 Å². The number of rotatable bonds is 10. The van der Waals surface area contributed by atoms with Crippen molar-refractivity contribution in [3.05, 3.63) is 134 Å². The first-order valence-corrected chi connectivity index (χ1v) is 26.7. The molecule has 18 heteroatoms. The van der Waals surface area contributed by atoms with Gasteiger partial charge in [-0.2, -0.15) is 0 Å². The third-order valence-electron chi connectivity index (χ3n) is 16.0. The van der Waals surface area contributed by atoms with Crippen LogP contribution in [0.1, 0.15) is 63.5 Å². The lowest BCUT2D eigenvalue weighted by Gasteiger charge is -2.42. The molecule has 392 valence electrons. The van der Waals surface area contributed by atoms with Gasteiger partial charge in [-0.25, -0.2) is 19.9 Å². The van der Waals surface area contributed by atoms with E-state index in [0.29, 0.717) is 35.8 Å². The summed E-state index contributed by atoms with van der Waals surface area (Å²) < 4.78 is 16.6. The van der Waals surface area contributed by atoms with Crippen LogP contribution in [-0.2, 0) is 0 Å². The molecule has 4 fully saturated rings. The summed E-state index contributed by atoms with van der Waals surface area (Å²) in [7, 11) is 0. The van der Waals surface area contributed by atoms with Crippen LogP contribution in [0.5, 0.6) is 23.0 Å². The normalized spacial score (nSPS) is 20.5. The van der Waals surface area contributed by atoms with Crippen LogP contribution in [0, 0.1) is 10.8 Å². The van der Waals surface area contributed by atoms with Crippen molar-refractivity contribution in [1.82, 2.24) is 48.7 Å². The van der Waals surface area contributed by atoms with Gasteiger partial charge in [0.15, 0.2) is 11.9 Å². The van der Waals surface area contributed by atoms with Gasteiger partial charge in [0.2, 0.25) is 0 Å². The van der Waals surface area contributed by atoms with E-state index in [1.807, 2.05) is 94.7 Å². The lowest BCUT2D eigenvalue weighted by molar-refractivity contribution is 0.0960. The van der Waals surface area contributed by atoms with Crippen LogP contribution in [0.4, 0.5) is 11.6 Å². The highest BCUT2D eigenvalue weighted by atomic mass is 16.5. The zero-order chi connectivity index (χ0) is 52.1. The van der Waals surface area contributed by atoms with Crippen LogP contribution in [0.2, 0.25) is 0 Å². The Morgan fingerprint density at radius 1 is 0.421 bits per heavy atom. The Morgan fingerprint density at radius 2 is 0.750 bits per heavy atom. The third kappa shape index (κ3) is 10.8. The summed E-state index contributed by atoms with van der Waals surface area (Å²) in [5.74, 6) is 4.57. The van der Waals surface area contributed by atoms with E-state index < -0.39 is 0 Å². The molecule has 2 aliphatic heterocycles. The number of piperazine rings is 2. The Hall–Kier alpha value is -8.22. The summed E-state index contributed by atoms with van der Waals surface area (Å²) >= 11 is 0. The van der Waals surface area contributed by atoms with Gasteiger partial charge in [0, 0.05) is 100 Å². The second-order valence-corrected chi connectivity index (χ2v) is 20.4. The van der Waals surface area contributed by atoms with Crippen LogP contribution >= 0.6 is 0 Å². The predicted octanol–water partition coefficient (Wildman–Crippen LogP) is 8.94. The summed E-state index contributed by atoms with van der Waals surface area (Å²) in [4.78, 5) is 27.0. The Bertz CT molecular complexity index is 3020. The summed E-state index contributed by atoms with van der Waals surface area (Å²) in [6, 6.07) is 37.7. The number of ether oxygens (including phenoxy) is 2. The Labute approximate surface area is 443 Å². The first-order chi connectivity index (χ1) is 37.1. The van der Waals surface area contributed by atoms with E-state index in [4.69, 9.17) is 43.2 Å². The quantitative estimate of drug-likeness (QED) is 0.0553. The molecule has 8 aromatic rings. The standard InChI is InChI=1S/2C29H34N8O/c2*30-27-26-25(20-6-12-24(13-7-20)38-23-4-2-1-3-5-23)18-37(28(26)34-19-33-27)22-10-8-21(9-11-22)35-14-16-36(17-15-35)29(31)32/h2*1-7,12-13,18-19,21-22H,8-11,14-17H2,(H3,31,32)(H2,30,33,34)/t21-,22+;21-,22-. The molecule has 2 saturated carbocycles. The maximum absolute atomic E-state index is 7.68. The first-order valence-electron chi connectivity index (χ1n) is 26.7. The van der Waals surface area contributed by atoms with Crippen molar-refractivity contribution in [3.8, 4) is 45.3 Å². The summed E-state index contributed by atoms with van der Waals surface area (Å²) in [5.41, 5.74) is 30.2. The van der Waals surface area contributed by atoms with E-state index in [-0.39, 0.29) is 11.9 Å². The zero-order valence-corrected chi connectivity index (χ0v) is 42.9. The van der Waals surface area contributed by atoms with Gasteiger partial charge in [0.1, 0.15) is 58.6 Å². The highest BCUT2D eigenvalue weighted by Crippen LogP contribution is 2.42. The topological polar surface area (TPSA) is 245 Å². The van der Waals surface area contributed by atoms with Crippen LogP contribution in [0.3, 0.4) is 0 Å². The minimum absolute atomic E-state index is 0.184. The second kappa shape index (κ2) is 22.3. The lowest BCUT2D eigenvalue weighted by atomic mass is 9.89. The molecule has 10 N–H and O–H groups in total. The molecule has 76 heavy (non-hydrogen) atoms.